The first kappa shape index (κ1) is 13.5. The van der Waals surface area contributed by atoms with Crippen molar-refractivity contribution < 1.29 is 14.3 Å². The predicted octanol–water partition coefficient (Wildman–Crippen LogP) is 2.93. The van der Waals surface area contributed by atoms with E-state index in [1.807, 2.05) is 54.6 Å². The van der Waals surface area contributed by atoms with Crippen molar-refractivity contribution in [2.24, 2.45) is 0 Å². The Labute approximate surface area is 133 Å². The largest absolute Gasteiger partial charge is 0.497 e. The van der Waals surface area contributed by atoms with Crippen molar-refractivity contribution in [2.45, 2.75) is 22.4 Å². The summed E-state index contributed by atoms with van der Waals surface area (Å²) in [5.41, 5.74) is 0.883. The minimum Gasteiger partial charge on any atom is -0.497 e. The topological polar surface area (TPSA) is 38.5 Å². The van der Waals surface area contributed by atoms with Gasteiger partial charge < -0.3 is 14.4 Å². The average molecular weight is 313 g/mol. The third-order valence-corrected chi connectivity index (χ3v) is 5.13. The number of rotatable bonds is 4. The van der Waals surface area contributed by atoms with Gasteiger partial charge in [0.15, 0.2) is 11.5 Å². The first-order valence-corrected chi connectivity index (χ1v) is 8.00. The summed E-state index contributed by atoms with van der Waals surface area (Å²) in [7, 11) is 1.64. The van der Waals surface area contributed by atoms with E-state index < -0.39 is 0 Å². The highest BCUT2D eigenvalue weighted by Crippen LogP contribution is 2.48. The maximum absolute atomic E-state index is 12.0. The molecule has 0 saturated carbocycles. The van der Waals surface area contributed by atoms with Crippen LogP contribution in [0, 0.1) is 0 Å². The van der Waals surface area contributed by atoms with Crippen LogP contribution in [0.25, 0.3) is 0 Å². The van der Waals surface area contributed by atoms with Gasteiger partial charge in [-0.25, -0.2) is 4.79 Å². The van der Waals surface area contributed by atoms with Gasteiger partial charge in [0.1, 0.15) is 11.8 Å². The maximum Gasteiger partial charge on any atom is 0.332 e. The minimum atomic E-state index is -0.151. The van der Waals surface area contributed by atoms with Crippen molar-refractivity contribution in [2.75, 3.05) is 12.0 Å². The van der Waals surface area contributed by atoms with Crippen molar-refractivity contribution in [3.63, 3.8) is 0 Å². The molecule has 2 saturated heterocycles. The number of carbonyl (C=O) groups is 1. The zero-order valence-electron chi connectivity index (χ0n) is 12.0. The van der Waals surface area contributed by atoms with Gasteiger partial charge >= 0.3 is 5.97 Å². The number of carbonyl (C=O) groups excluding carboxylic acids is 1. The van der Waals surface area contributed by atoms with Crippen molar-refractivity contribution in [3.8, 4) is 5.75 Å². The number of ether oxygens (including phenoxy) is 2. The van der Waals surface area contributed by atoms with E-state index in [2.05, 4.69) is 4.90 Å². The molecule has 0 N–H and O–H groups in total. The molecule has 0 aromatic heterocycles. The summed E-state index contributed by atoms with van der Waals surface area (Å²) in [6.45, 7) is 0. The van der Waals surface area contributed by atoms with Crippen LogP contribution in [-0.2, 0) is 9.53 Å². The van der Waals surface area contributed by atoms with E-state index >= 15 is 0 Å². The Kier molecular flexibility index (Phi) is 3.22. The molecule has 2 heterocycles. The highest BCUT2D eigenvalue weighted by Gasteiger charge is 2.64. The molecular weight excluding hydrogens is 298 g/mol. The molecule has 0 amide bonds. The van der Waals surface area contributed by atoms with Gasteiger partial charge in [-0.1, -0.05) is 30.0 Å². The van der Waals surface area contributed by atoms with E-state index in [0.717, 1.165) is 16.3 Å². The molecular formula is C17H15NO3S. The normalized spacial score (nSPS) is 25.6. The van der Waals surface area contributed by atoms with Gasteiger partial charge in [0.25, 0.3) is 0 Å². The first-order chi connectivity index (χ1) is 10.8. The molecule has 2 aliphatic rings. The second-order valence-corrected chi connectivity index (χ2v) is 6.45. The zero-order chi connectivity index (χ0) is 15.1. The van der Waals surface area contributed by atoms with Gasteiger partial charge in [-0.2, -0.15) is 0 Å². The Hall–Kier alpha value is -2.14. The number of methoxy groups -OCH3 is 1. The third-order valence-electron chi connectivity index (χ3n) is 3.97. The SMILES string of the molecule is COc1ccc(N2C3C(=O)O[C@H](Sc4ccccc4)C32)cc1. The number of anilines is 1. The molecule has 3 atom stereocenters. The molecule has 4 nitrogen and oxygen atoms in total. The minimum absolute atomic E-state index is 0.117. The summed E-state index contributed by atoms with van der Waals surface area (Å²) in [4.78, 5) is 15.3. The van der Waals surface area contributed by atoms with Crippen molar-refractivity contribution in [1.82, 2.24) is 0 Å². The smallest absolute Gasteiger partial charge is 0.332 e. The number of esters is 1. The highest BCUT2D eigenvalue weighted by molar-refractivity contribution is 7.99. The molecule has 22 heavy (non-hydrogen) atoms. The predicted molar refractivity (Wildman–Crippen MR) is 85.2 cm³/mol. The van der Waals surface area contributed by atoms with Gasteiger partial charge in [0, 0.05) is 10.6 Å². The molecule has 4 rings (SSSR count). The van der Waals surface area contributed by atoms with E-state index in [1.165, 1.54) is 0 Å². The number of fused-ring (bicyclic) bond motifs is 1. The second-order valence-electron chi connectivity index (χ2n) is 5.28. The summed E-state index contributed by atoms with van der Waals surface area (Å²) in [6, 6.07) is 17.8. The van der Waals surface area contributed by atoms with Crippen molar-refractivity contribution in [3.05, 3.63) is 54.6 Å². The number of nitrogens with zero attached hydrogens (tertiary/aromatic N) is 1. The van der Waals surface area contributed by atoms with E-state index in [-0.39, 0.29) is 23.5 Å². The molecule has 2 aromatic carbocycles. The van der Waals surface area contributed by atoms with Crippen LogP contribution in [0.15, 0.2) is 59.5 Å². The lowest BCUT2D eigenvalue weighted by atomic mass is 10.3. The van der Waals surface area contributed by atoms with Crippen LogP contribution in [0.2, 0.25) is 0 Å². The fourth-order valence-electron chi connectivity index (χ4n) is 2.85. The summed E-state index contributed by atoms with van der Waals surface area (Å²) >= 11 is 1.60. The molecule has 2 unspecified atom stereocenters. The lowest BCUT2D eigenvalue weighted by Gasteiger charge is -2.17. The van der Waals surface area contributed by atoms with Gasteiger partial charge in [-0.15, -0.1) is 0 Å². The molecule has 112 valence electrons. The maximum atomic E-state index is 12.0. The number of cyclic esters (lactones) is 1. The van der Waals surface area contributed by atoms with Gasteiger partial charge in [0.05, 0.1) is 7.11 Å². The molecule has 0 spiro atoms. The zero-order valence-corrected chi connectivity index (χ0v) is 12.8. The Morgan fingerprint density at radius 3 is 2.50 bits per heavy atom. The van der Waals surface area contributed by atoms with E-state index in [0.29, 0.717) is 0 Å². The summed E-state index contributed by atoms with van der Waals surface area (Å²) in [5, 5.41) is 0. The Balaban J connectivity index is 1.52. The molecule has 2 aliphatic heterocycles. The Morgan fingerprint density at radius 1 is 1.09 bits per heavy atom. The van der Waals surface area contributed by atoms with Gasteiger partial charge in [-0.05, 0) is 36.4 Å². The van der Waals surface area contributed by atoms with Crippen LogP contribution in [0.3, 0.4) is 0 Å². The number of benzene rings is 2. The highest BCUT2D eigenvalue weighted by atomic mass is 32.2. The molecule has 0 radical (unpaired) electrons. The third kappa shape index (κ3) is 2.22. The number of hydrogen-bond acceptors (Lipinski definition) is 5. The number of thioether (sulfide) groups is 1. The lowest BCUT2D eigenvalue weighted by Crippen LogP contribution is -2.21. The van der Waals surface area contributed by atoms with E-state index in [1.54, 1.807) is 18.9 Å². The van der Waals surface area contributed by atoms with Crippen molar-refractivity contribution in [1.29, 1.82) is 0 Å². The Morgan fingerprint density at radius 2 is 1.82 bits per heavy atom. The second kappa shape index (κ2) is 5.25. The van der Waals surface area contributed by atoms with Crippen LogP contribution in [-0.4, -0.2) is 30.6 Å². The van der Waals surface area contributed by atoms with Crippen LogP contribution < -0.4 is 9.64 Å². The molecule has 2 fully saturated rings. The standard InChI is InChI=1S/C17H15NO3S/c1-20-12-9-7-11(8-10-12)18-14-15(18)17(21-16(14)19)22-13-5-3-2-4-6-13/h2-10,14-15,17H,1H3/t14?,15?,17-,18?/m1/s1. The summed E-state index contributed by atoms with van der Waals surface area (Å²) in [6.07, 6.45) is 0. The molecule has 2 aromatic rings. The Bertz CT molecular complexity index is 689. The van der Waals surface area contributed by atoms with E-state index in [9.17, 15) is 4.79 Å². The fourth-order valence-corrected chi connectivity index (χ4v) is 4.00. The average Bonchev–Trinajstić information content (AvgIpc) is 3.23. The van der Waals surface area contributed by atoms with E-state index in [4.69, 9.17) is 9.47 Å². The van der Waals surface area contributed by atoms with Gasteiger partial charge in [-0.3, -0.25) is 0 Å². The van der Waals surface area contributed by atoms with Crippen LogP contribution in [0.4, 0.5) is 5.69 Å². The van der Waals surface area contributed by atoms with Crippen LogP contribution in [0.5, 0.6) is 5.75 Å². The first-order valence-electron chi connectivity index (χ1n) is 7.12. The fraction of sp³-hybridized carbons (Fsp3) is 0.235. The van der Waals surface area contributed by atoms with Crippen molar-refractivity contribution >= 4 is 23.4 Å². The summed E-state index contributed by atoms with van der Waals surface area (Å²) in [5.74, 6) is 0.683. The number of morpholine rings is 1. The van der Waals surface area contributed by atoms with Crippen LogP contribution in [0.1, 0.15) is 0 Å². The molecule has 0 bridgehead atoms. The lowest BCUT2D eigenvalue weighted by molar-refractivity contribution is -0.140. The molecule has 0 aliphatic carbocycles. The quantitative estimate of drug-likeness (QED) is 0.641. The van der Waals surface area contributed by atoms with Gasteiger partial charge in [0.2, 0.25) is 0 Å². The summed E-state index contributed by atoms with van der Waals surface area (Å²) < 4.78 is 10.7. The molecule has 5 heteroatoms. The van der Waals surface area contributed by atoms with Crippen LogP contribution >= 0.6 is 11.8 Å². The monoisotopic (exact) mass is 313 g/mol. The number of hydrogen-bond donors (Lipinski definition) is 0.